The van der Waals surface area contributed by atoms with Gasteiger partial charge in [0, 0.05) is 6.07 Å². The van der Waals surface area contributed by atoms with Crippen molar-refractivity contribution in [1.82, 2.24) is 0 Å². The van der Waals surface area contributed by atoms with E-state index in [0.717, 1.165) is 42.5 Å². The van der Waals surface area contributed by atoms with E-state index in [4.69, 9.17) is 20.3 Å². The molecule has 0 spiro atoms. The minimum absolute atomic E-state index is 0.134. The SMILES string of the molecule is Nc1ccc(Oc2c(F)c(F)c(C(F)(F)F)c(Oc3ccc(C(=O)O)cc3)c2F)cc1O. The number of alkyl halides is 3. The average molecular weight is 459 g/mol. The van der Waals surface area contributed by atoms with E-state index in [1.165, 1.54) is 0 Å². The molecule has 0 amide bonds. The number of nitrogens with two attached hydrogens (primary N) is 1. The summed E-state index contributed by atoms with van der Waals surface area (Å²) in [5.41, 5.74) is 2.61. The number of aromatic hydroxyl groups is 1. The number of hydrogen-bond acceptors (Lipinski definition) is 5. The van der Waals surface area contributed by atoms with Crippen molar-refractivity contribution in [2.75, 3.05) is 5.73 Å². The Morgan fingerprint density at radius 2 is 1.41 bits per heavy atom. The molecule has 0 atom stereocenters. The molecule has 0 heterocycles. The van der Waals surface area contributed by atoms with Crippen LogP contribution in [-0.2, 0) is 6.18 Å². The fraction of sp³-hybridized carbons (Fsp3) is 0.0500. The van der Waals surface area contributed by atoms with Crippen LogP contribution in [0.2, 0.25) is 0 Å². The smallest absolute Gasteiger partial charge is 0.423 e. The first kappa shape index (κ1) is 22.6. The van der Waals surface area contributed by atoms with Crippen LogP contribution in [-0.4, -0.2) is 16.2 Å². The standard InChI is InChI=1S/C20H11F6NO5/c21-14-13(20(24,25)26)17(31-9-3-1-8(2-4-9)19(29)30)16(23)18(15(14)22)32-10-5-6-11(27)12(28)7-10/h1-7,28H,27H2,(H,29,30). The highest BCUT2D eigenvalue weighted by molar-refractivity contribution is 5.87. The van der Waals surface area contributed by atoms with Gasteiger partial charge in [0.1, 0.15) is 22.8 Å². The lowest BCUT2D eigenvalue weighted by atomic mass is 10.1. The fourth-order valence-electron chi connectivity index (χ4n) is 2.55. The lowest BCUT2D eigenvalue weighted by molar-refractivity contribution is -0.141. The van der Waals surface area contributed by atoms with Gasteiger partial charge in [-0.2, -0.15) is 22.0 Å². The van der Waals surface area contributed by atoms with Crippen molar-refractivity contribution in [3.05, 3.63) is 71.0 Å². The largest absolute Gasteiger partial charge is 0.506 e. The van der Waals surface area contributed by atoms with Crippen LogP contribution in [0.15, 0.2) is 42.5 Å². The van der Waals surface area contributed by atoms with Crippen LogP contribution in [0.4, 0.5) is 32.0 Å². The first-order chi connectivity index (χ1) is 14.9. The number of phenolic OH excluding ortho intramolecular Hbond substituents is 1. The number of rotatable bonds is 5. The summed E-state index contributed by atoms with van der Waals surface area (Å²) in [6, 6.07) is 6.56. The maximum atomic E-state index is 14.9. The average Bonchev–Trinajstić information content (AvgIpc) is 2.71. The molecule has 0 aliphatic carbocycles. The van der Waals surface area contributed by atoms with Crippen molar-refractivity contribution in [3.63, 3.8) is 0 Å². The van der Waals surface area contributed by atoms with Gasteiger partial charge in [0.2, 0.25) is 17.4 Å². The van der Waals surface area contributed by atoms with Crippen molar-refractivity contribution in [2.45, 2.75) is 6.18 Å². The van der Waals surface area contributed by atoms with Gasteiger partial charge >= 0.3 is 12.1 Å². The van der Waals surface area contributed by atoms with Crippen LogP contribution in [0.25, 0.3) is 0 Å². The number of anilines is 1. The van der Waals surface area contributed by atoms with Gasteiger partial charge in [0.15, 0.2) is 11.6 Å². The second-order valence-electron chi connectivity index (χ2n) is 6.23. The Morgan fingerprint density at radius 3 is 1.94 bits per heavy atom. The van der Waals surface area contributed by atoms with E-state index in [0.29, 0.717) is 0 Å². The molecular weight excluding hydrogens is 448 g/mol. The van der Waals surface area contributed by atoms with E-state index >= 15 is 0 Å². The van der Waals surface area contributed by atoms with Crippen LogP contribution in [0, 0.1) is 17.5 Å². The number of carbonyl (C=O) groups is 1. The highest BCUT2D eigenvalue weighted by Gasteiger charge is 2.43. The van der Waals surface area contributed by atoms with E-state index in [1.807, 2.05) is 0 Å². The Hall–Kier alpha value is -4.09. The molecule has 0 saturated heterocycles. The molecule has 0 aliphatic heterocycles. The first-order valence-electron chi connectivity index (χ1n) is 8.45. The van der Waals surface area contributed by atoms with Gasteiger partial charge in [-0.05, 0) is 36.4 Å². The number of phenols is 1. The highest BCUT2D eigenvalue weighted by atomic mass is 19.4. The topological polar surface area (TPSA) is 102 Å². The third-order valence-electron chi connectivity index (χ3n) is 4.06. The molecule has 32 heavy (non-hydrogen) atoms. The van der Waals surface area contributed by atoms with Gasteiger partial charge in [-0.1, -0.05) is 0 Å². The van der Waals surface area contributed by atoms with Gasteiger partial charge in [0.05, 0.1) is 11.3 Å². The van der Waals surface area contributed by atoms with E-state index in [2.05, 4.69) is 0 Å². The maximum Gasteiger partial charge on any atom is 0.423 e. The number of benzene rings is 3. The van der Waals surface area contributed by atoms with Crippen molar-refractivity contribution in [3.8, 4) is 28.7 Å². The van der Waals surface area contributed by atoms with Crippen LogP contribution in [0.5, 0.6) is 28.7 Å². The second kappa shape index (κ2) is 8.21. The van der Waals surface area contributed by atoms with E-state index in [1.54, 1.807) is 0 Å². The Morgan fingerprint density at radius 1 is 0.844 bits per heavy atom. The summed E-state index contributed by atoms with van der Waals surface area (Å²) >= 11 is 0. The van der Waals surface area contributed by atoms with Gasteiger partial charge in [0.25, 0.3) is 0 Å². The zero-order valence-corrected chi connectivity index (χ0v) is 15.5. The zero-order valence-electron chi connectivity index (χ0n) is 15.5. The molecule has 3 rings (SSSR count). The number of aromatic carboxylic acids is 1. The molecule has 168 valence electrons. The van der Waals surface area contributed by atoms with Crippen molar-refractivity contribution in [1.29, 1.82) is 0 Å². The predicted molar refractivity (Wildman–Crippen MR) is 97.4 cm³/mol. The summed E-state index contributed by atoms with van der Waals surface area (Å²) in [5.74, 6) is -13.0. The van der Waals surface area contributed by atoms with Crippen LogP contribution < -0.4 is 15.2 Å². The molecule has 0 bridgehead atoms. The first-order valence-corrected chi connectivity index (χ1v) is 8.45. The number of ether oxygens (including phenoxy) is 2. The second-order valence-corrected chi connectivity index (χ2v) is 6.23. The molecule has 0 unspecified atom stereocenters. The zero-order chi connectivity index (χ0) is 23.8. The molecule has 3 aromatic rings. The normalized spacial score (nSPS) is 11.3. The lowest BCUT2D eigenvalue weighted by Gasteiger charge is -2.18. The van der Waals surface area contributed by atoms with Gasteiger partial charge in [-0.25, -0.2) is 9.18 Å². The Bertz CT molecular complexity index is 1190. The summed E-state index contributed by atoms with van der Waals surface area (Å²) in [5, 5.41) is 18.4. The molecule has 6 nitrogen and oxygen atoms in total. The van der Waals surface area contributed by atoms with Crippen molar-refractivity contribution in [2.24, 2.45) is 0 Å². The van der Waals surface area contributed by atoms with Crippen LogP contribution >= 0.6 is 0 Å². The number of nitrogen functional groups attached to an aromatic ring is 1. The van der Waals surface area contributed by atoms with E-state index in [9.17, 15) is 36.2 Å². The van der Waals surface area contributed by atoms with Gasteiger partial charge < -0.3 is 25.4 Å². The van der Waals surface area contributed by atoms with Crippen molar-refractivity contribution < 1.29 is 50.8 Å². The number of carboxylic acid groups (broad SMARTS) is 1. The Kier molecular flexibility index (Phi) is 5.80. The van der Waals surface area contributed by atoms with Gasteiger partial charge in [-0.3, -0.25) is 0 Å². The summed E-state index contributed by atoms with van der Waals surface area (Å²) in [6.45, 7) is 0. The third kappa shape index (κ3) is 4.33. The molecule has 0 aromatic heterocycles. The molecule has 0 radical (unpaired) electrons. The molecule has 3 aromatic carbocycles. The number of halogens is 6. The lowest BCUT2D eigenvalue weighted by Crippen LogP contribution is -2.14. The number of hydrogen-bond donors (Lipinski definition) is 3. The quantitative estimate of drug-likeness (QED) is 0.196. The molecule has 0 saturated carbocycles. The summed E-state index contributed by atoms with van der Waals surface area (Å²) < 4.78 is 93.4. The van der Waals surface area contributed by atoms with E-state index in [-0.39, 0.29) is 11.3 Å². The van der Waals surface area contributed by atoms with Crippen LogP contribution in [0.3, 0.4) is 0 Å². The summed E-state index contributed by atoms with van der Waals surface area (Å²) in [4.78, 5) is 10.9. The number of carboxylic acids is 1. The molecular formula is C20H11F6NO5. The summed E-state index contributed by atoms with van der Waals surface area (Å²) in [7, 11) is 0. The fourth-order valence-corrected chi connectivity index (χ4v) is 2.55. The van der Waals surface area contributed by atoms with Crippen molar-refractivity contribution >= 4 is 11.7 Å². The minimum atomic E-state index is -5.57. The highest BCUT2D eigenvalue weighted by Crippen LogP contribution is 2.47. The molecule has 4 N–H and O–H groups in total. The van der Waals surface area contributed by atoms with Gasteiger partial charge in [-0.15, -0.1) is 0 Å². The minimum Gasteiger partial charge on any atom is -0.506 e. The monoisotopic (exact) mass is 459 g/mol. The Balaban J connectivity index is 2.14. The summed E-state index contributed by atoms with van der Waals surface area (Å²) in [6.07, 6.45) is -5.57. The molecule has 0 aliphatic rings. The maximum absolute atomic E-state index is 14.9. The molecule has 0 fully saturated rings. The van der Waals surface area contributed by atoms with E-state index < -0.39 is 63.9 Å². The molecule has 12 heteroatoms. The predicted octanol–water partition coefficient (Wildman–Crippen LogP) is 5.69. The Labute approximate surface area is 175 Å². The van der Waals surface area contributed by atoms with Crippen LogP contribution in [0.1, 0.15) is 15.9 Å². The third-order valence-corrected chi connectivity index (χ3v) is 4.06.